The molecule has 4 rings (SSSR count). The third-order valence-electron chi connectivity index (χ3n) is 5.53. The maximum Gasteiger partial charge on any atom is 0.261 e. The van der Waals surface area contributed by atoms with Crippen molar-refractivity contribution in [3.05, 3.63) is 70.5 Å². The van der Waals surface area contributed by atoms with Gasteiger partial charge < -0.3 is 9.88 Å². The van der Waals surface area contributed by atoms with Gasteiger partial charge >= 0.3 is 0 Å². The Morgan fingerprint density at radius 3 is 2.33 bits per heavy atom. The molecule has 7 nitrogen and oxygen atoms in total. The van der Waals surface area contributed by atoms with Gasteiger partial charge in [0.1, 0.15) is 0 Å². The topological polar surface area (TPSA) is 85.5 Å². The van der Waals surface area contributed by atoms with Crippen molar-refractivity contribution in [3.8, 4) is 0 Å². The van der Waals surface area contributed by atoms with E-state index >= 15 is 0 Å². The number of piperazine rings is 1. The predicted molar refractivity (Wildman–Crippen MR) is 119 cm³/mol. The van der Waals surface area contributed by atoms with Crippen LogP contribution in [-0.4, -0.2) is 55.9 Å². The summed E-state index contributed by atoms with van der Waals surface area (Å²) in [5, 5.41) is 0.663. The summed E-state index contributed by atoms with van der Waals surface area (Å²) in [4.78, 5) is 19.1. The van der Waals surface area contributed by atoms with E-state index in [0.29, 0.717) is 16.6 Å². The molecule has 0 spiro atoms. The molecule has 0 bridgehead atoms. The molecule has 0 saturated carbocycles. The number of anilines is 1. The van der Waals surface area contributed by atoms with Crippen molar-refractivity contribution in [2.75, 3.05) is 37.4 Å². The fraction of sp³-hybridized carbons (Fsp3) is 0.318. The Labute approximate surface area is 176 Å². The third kappa shape index (κ3) is 4.72. The fourth-order valence-electron chi connectivity index (χ4n) is 3.71. The number of fused-ring (bicyclic) bond motifs is 1. The molecule has 1 fully saturated rings. The highest BCUT2D eigenvalue weighted by Crippen LogP contribution is 2.20. The van der Waals surface area contributed by atoms with Crippen LogP contribution in [0.2, 0.25) is 0 Å². The van der Waals surface area contributed by atoms with E-state index in [1.54, 1.807) is 30.3 Å². The average molecular weight is 427 g/mol. The summed E-state index contributed by atoms with van der Waals surface area (Å²) in [6.07, 6.45) is 0. The molecule has 0 unspecified atom stereocenters. The highest BCUT2D eigenvalue weighted by molar-refractivity contribution is 7.92. The van der Waals surface area contributed by atoms with Crippen LogP contribution in [-0.2, 0) is 16.6 Å². The van der Waals surface area contributed by atoms with Gasteiger partial charge in [0.25, 0.3) is 10.0 Å². The van der Waals surface area contributed by atoms with E-state index in [1.807, 2.05) is 12.1 Å². The Kier molecular flexibility index (Phi) is 5.90. The number of benzene rings is 2. The van der Waals surface area contributed by atoms with Crippen LogP contribution in [0.3, 0.4) is 0 Å². The smallest absolute Gasteiger partial charge is 0.261 e. The molecule has 1 saturated heterocycles. The first-order valence-electron chi connectivity index (χ1n) is 10.1. The second kappa shape index (κ2) is 8.59. The number of nitrogens with one attached hydrogen (secondary N) is 2. The zero-order valence-electron chi connectivity index (χ0n) is 17.0. The largest absolute Gasteiger partial charge is 0.322 e. The lowest BCUT2D eigenvalue weighted by atomic mass is 10.2. The SMILES string of the molecule is CCN1CCN(Cc2ccc(NS(=O)(=O)c3ccc4[nH]c(=O)ccc4c3)cc2)CC1. The Balaban J connectivity index is 1.43. The number of pyridine rings is 1. The molecule has 3 aromatic rings. The Morgan fingerprint density at radius 1 is 0.933 bits per heavy atom. The number of hydrogen-bond acceptors (Lipinski definition) is 5. The van der Waals surface area contributed by atoms with Gasteiger partial charge in [-0.3, -0.25) is 14.4 Å². The number of aromatic nitrogens is 1. The summed E-state index contributed by atoms with van der Waals surface area (Å²) in [7, 11) is -3.72. The standard InChI is InChI=1S/C22H26N4O3S/c1-2-25-11-13-26(14-12-25)16-17-3-6-19(7-4-17)24-30(28,29)20-8-9-21-18(15-20)5-10-22(27)23-21/h3-10,15,24H,2,11-14,16H2,1H3,(H,23,27). The van der Waals surface area contributed by atoms with E-state index in [2.05, 4.69) is 26.4 Å². The summed E-state index contributed by atoms with van der Waals surface area (Å²) in [5.41, 5.74) is 2.07. The molecule has 30 heavy (non-hydrogen) atoms. The molecule has 0 amide bonds. The van der Waals surface area contributed by atoms with Gasteiger partial charge in [0.15, 0.2) is 0 Å². The van der Waals surface area contributed by atoms with Crippen molar-refractivity contribution in [1.82, 2.24) is 14.8 Å². The van der Waals surface area contributed by atoms with Crippen molar-refractivity contribution in [1.29, 1.82) is 0 Å². The number of aromatic amines is 1. The molecule has 1 aliphatic rings. The molecule has 158 valence electrons. The third-order valence-corrected chi connectivity index (χ3v) is 6.91. The Morgan fingerprint density at radius 2 is 1.63 bits per heavy atom. The number of sulfonamides is 1. The molecule has 0 aliphatic carbocycles. The molecule has 2 aromatic carbocycles. The minimum atomic E-state index is -3.72. The second-order valence-electron chi connectivity index (χ2n) is 7.58. The van der Waals surface area contributed by atoms with Crippen molar-refractivity contribution in [2.24, 2.45) is 0 Å². The van der Waals surface area contributed by atoms with Crippen LogP contribution in [0.1, 0.15) is 12.5 Å². The van der Waals surface area contributed by atoms with E-state index in [0.717, 1.165) is 44.8 Å². The number of H-pyrrole nitrogens is 1. The molecule has 0 atom stereocenters. The van der Waals surface area contributed by atoms with E-state index in [9.17, 15) is 13.2 Å². The van der Waals surface area contributed by atoms with E-state index in [-0.39, 0.29) is 10.5 Å². The van der Waals surface area contributed by atoms with Crippen molar-refractivity contribution in [2.45, 2.75) is 18.4 Å². The van der Waals surface area contributed by atoms with Gasteiger partial charge in [0.05, 0.1) is 4.90 Å². The number of rotatable bonds is 6. The summed E-state index contributed by atoms with van der Waals surface area (Å²) in [6.45, 7) is 8.44. The van der Waals surface area contributed by atoms with Gasteiger partial charge in [-0.2, -0.15) is 0 Å². The summed E-state index contributed by atoms with van der Waals surface area (Å²) >= 11 is 0. The van der Waals surface area contributed by atoms with Gasteiger partial charge in [-0.05, 0) is 53.9 Å². The highest BCUT2D eigenvalue weighted by Gasteiger charge is 2.17. The molecule has 2 heterocycles. The van der Waals surface area contributed by atoms with Gasteiger partial charge in [0.2, 0.25) is 5.56 Å². The molecular formula is C22H26N4O3S. The quantitative estimate of drug-likeness (QED) is 0.633. The molecular weight excluding hydrogens is 400 g/mol. The van der Waals surface area contributed by atoms with Crippen molar-refractivity contribution < 1.29 is 8.42 Å². The molecule has 1 aromatic heterocycles. The molecule has 2 N–H and O–H groups in total. The van der Waals surface area contributed by atoms with Gasteiger partial charge in [-0.15, -0.1) is 0 Å². The molecule has 8 heteroatoms. The highest BCUT2D eigenvalue weighted by atomic mass is 32.2. The Hall–Kier alpha value is -2.68. The normalized spacial score (nSPS) is 16.0. The van der Waals surface area contributed by atoms with Gasteiger partial charge in [-0.1, -0.05) is 19.1 Å². The lowest BCUT2D eigenvalue weighted by Crippen LogP contribution is -2.45. The second-order valence-corrected chi connectivity index (χ2v) is 9.27. The van der Waals surface area contributed by atoms with Gasteiger partial charge in [0, 0.05) is 50.0 Å². The lowest BCUT2D eigenvalue weighted by Gasteiger charge is -2.34. The van der Waals surface area contributed by atoms with Crippen molar-refractivity contribution in [3.63, 3.8) is 0 Å². The van der Waals surface area contributed by atoms with Crippen LogP contribution < -0.4 is 10.3 Å². The molecule has 0 radical (unpaired) electrons. The first-order valence-corrected chi connectivity index (χ1v) is 11.6. The lowest BCUT2D eigenvalue weighted by molar-refractivity contribution is 0.132. The van der Waals surface area contributed by atoms with Crippen LogP contribution >= 0.6 is 0 Å². The fourth-order valence-corrected chi connectivity index (χ4v) is 4.81. The maximum absolute atomic E-state index is 12.8. The van der Waals surface area contributed by atoms with E-state index in [1.165, 1.54) is 12.1 Å². The first kappa shape index (κ1) is 20.6. The van der Waals surface area contributed by atoms with Gasteiger partial charge in [-0.25, -0.2) is 8.42 Å². The monoisotopic (exact) mass is 426 g/mol. The van der Waals surface area contributed by atoms with Crippen LogP contribution in [0.15, 0.2) is 64.3 Å². The minimum Gasteiger partial charge on any atom is -0.322 e. The average Bonchev–Trinajstić information content (AvgIpc) is 2.75. The summed E-state index contributed by atoms with van der Waals surface area (Å²) in [6, 6.07) is 15.2. The van der Waals surface area contributed by atoms with Crippen LogP contribution in [0, 0.1) is 0 Å². The maximum atomic E-state index is 12.8. The Bertz CT molecular complexity index is 1180. The van der Waals surface area contributed by atoms with Crippen LogP contribution in [0.4, 0.5) is 5.69 Å². The number of nitrogens with zero attached hydrogens (tertiary/aromatic N) is 2. The van der Waals surface area contributed by atoms with E-state index in [4.69, 9.17) is 0 Å². The predicted octanol–water partition coefficient (Wildman–Crippen LogP) is 2.47. The first-order chi connectivity index (χ1) is 14.4. The van der Waals surface area contributed by atoms with E-state index < -0.39 is 10.0 Å². The van der Waals surface area contributed by atoms with Crippen LogP contribution in [0.5, 0.6) is 0 Å². The zero-order chi connectivity index (χ0) is 21.1. The number of hydrogen-bond donors (Lipinski definition) is 2. The van der Waals surface area contributed by atoms with Crippen LogP contribution in [0.25, 0.3) is 10.9 Å². The summed E-state index contributed by atoms with van der Waals surface area (Å²) < 4.78 is 28.2. The van der Waals surface area contributed by atoms with Crippen molar-refractivity contribution >= 4 is 26.6 Å². The summed E-state index contributed by atoms with van der Waals surface area (Å²) in [5.74, 6) is 0. The zero-order valence-corrected chi connectivity index (χ0v) is 17.8. The number of likely N-dealkylation sites (N-methyl/N-ethyl adjacent to an activating group) is 1. The minimum absolute atomic E-state index is 0.153. The molecule has 1 aliphatic heterocycles.